The lowest BCUT2D eigenvalue weighted by Gasteiger charge is -2.22. The van der Waals surface area contributed by atoms with Gasteiger partial charge in [-0.25, -0.2) is 0 Å². The predicted molar refractivity (Wildman–Crippen MR) is 120 cm³/mol. The van der Waals surface area contributed by atoms with Crippen molar-refractivity contribution >= 4 is 16.9 Å². The summed E-state index contributed by atoms with van der Waals surface area (Å²) in [6.45, 7) is 6.37. The summed E-state index contributed by atoms with van der Waals surface area (Å²) in [5.41, 5.74) is 0.676. The van der Waals surface area contributed by atoms with E-state index in [2.05, 4.69) is 13.8 Å². The number of hydrogen-bond donors (Lipinski definition) is 1. The summed E-state index contributed by atoms with van der Waals surface area (Å²) < 4.78 is -0.362. The Morgan fingerprint density at radius 2 is 1.19 bits per heavy atom. The first-order chi connectivity index (χ1) is 13.0. The molecule has 0 radical (unpaired) electrons. The highest BCUT2D eigenvalue weighted by Gasteiger charge is 2.42. The molecule has 0 aromatic carbocycles. The highest BCUT2D eigenvalue weighted by atomic mass is 32.2. The third-order valence-corrected chi connectivity index (χ3v) is 7.14. The molecule has 0 spiro atoms. The maximum Gasteiger partial charge on any atom is 0.219 e. The largest absolute Gasteiger partial charge is 0.510 e. The van der Waals surface area contributed by atoms with Gasteiger partial charge in [0.15, 0.2) is 0 Å². The maximum absolute atomic E-state index is 12.1. The Morgan fingerprint density at radius 1 is 0.741 bits per heavy atom. The number of aliphatic hydroxyl groups is 1. The van der Waals surface area contributed by atoms with Crippen LogP contribution in [0.2, 0.25) is 0 Å². The molecule has 0 aromatic heterocycles. The zero-order valence-electron chi connectivity index (χ0n) is 18.3. The van der Waals surface area contributed by atoms with Gasteiger partial charge in [0, 0.05) is 5.57 Å². The SMILES string of the molecule is CCCCCCCCCCCCCCCCC1(C)SC(=O)C(CCC)=C1O. The van der Waals surface area contributed by atoms with Gasteiger partial charge in [-0.05, 0) is 19.8 Å². The molecule has 0 fully saturated rings. The molecule has 0 aliphatic carbocycles. The van der Waals surface area contributed by atoms with Crippen LogP contribution >= 0.6 is 11.8 Å². The molecule has 1 heterocycles. The Labute approximate surface area is 173 Å². The summed E-state index contributed by atoms with van der Waals surface area (Å²) in [4.78, 5) is 12.1. The van der Waals surface area contributed by atoms with Gasteiger partial charge in [0.1, 0.15) is 5.76 Å². The highest BCUT2D eigenvalue weighted by Crippen LogP contribution is 2.46. The lowest BCUT2D eigenvalue weighted by Crippen LogP contribution is -2.20. The maximum atomic E-state index is 12.1. The van der Waals surface area contributed by atoms with Crippen molar-refractivity contribution in [1.82, 2.24) is 0 Å². The lowest BCUT2D eigenvalue weighted by atomic mass is 9.95. The number of aliphatic hydroxyl groups excluding tert-OH is 1. The summed E-state index contributed by atoms with van der Waals surface area (Å²) in [5.74, 6) is 0.369. The number of hydrogen-bond acceptors (Lipinski definition) is 3. The van der Waals surface area contributed by atoms with E-state index >= 15 is 0 Å². The minimum atomic E-state index is -0.362. The summed E-state index contributed by atoms with van der Waals surface area (Å²) in [7, 11) is 0. The normalized spacial score (nSPS) is 20.0. The van der Waals surface area contributed by atoms with Crippen molar-refractivity contribution in [3.8, 4) is 0 Å². The number of rotatable bonds is 17. The number of thioether (sulfide) groups is 1. The van der Waals surface area contributed by atoms with Crippen LogP contribution in [0.25, 0.3) is 0 Å². The first kappa shape index (κ1) is 24.6. The van der Waals surface area contributed by atoms with E-state index in [0.717, 1.165) is 19.3 Å². The molecule has 1 unspecified atom stereocenters. The van der Waals surface area contributed by atoms with Crippen LogP contribution in [-0.4, -0.2) is 15.0 Å². The predicted octanol–water partition coefficient (Wildman–Crippen LogP) is 8.50. The van der Waals surface area contributed by atoms with Gasteiger partial charge < -0.3 is 5.11 Å². The number of carbonyl (C=O) groups is 1. The molecule has 3 heteroatoms. The Hall–Kier alpha value is -0.440. The Kier molecular flexibility index (Phi) is 13.2. The Bertz CT molecular complexity index is 444. The van der Waals surface area contributed by atoms with E-state index in [9.17, 15) is 9.90 Å². The van der Waals surface area contributed by atoms with Crippen molar-refractivity contribution < 1.29 is 9.90 Å². The molecular formula is C24H44O2S. The second-order valence-corrected chi connectivity index (χ2v) is 10.0. The first-order valence-electron chi connectivity index (χ1n) is 11.7. The average Bonchev–Trinajstić information content (AvgIpc) is 2.86. The molecule has 0 aromatic rings. The zero-order valence-corrected chi connectivity index (χ0v) is 19.1. The van der Waals surface area contributed by atoms with Gasteiger partial charge in [-0.1, -0.05) is 122 Å². The van der Waals surface area contributed by atoms with E-state index in [4.69, 9.17) is 0 Å². The summed E-state index contributed by atoms with van der Waals surface area (Å²) in [6.07, 6.45) is 21.5. The summed E-state index contributed by atoms with van der Waals surface area (Å²) >= 11 is 1.35. The molecule has 0 saturated heterocycles. The minimum Gasteiger partial charge on any atom is -0.510 e. The van der Waals surface area contributed by atoms with Crippen molar-refractivity contribution in [1.29, 1.82) is 0 Å². The number of carbonyl (C=O) groups excluding carboxylic acids is 1. The van der Waals surface area contributed by atoms with Crippen LogP contribution in [0.5, 0.6) is 0 Å². The highest BCUT2D eigenvalue weighted by molar-refractivity contribution is 8.15. The molecule has 1 N–H and O–H groups in total. The second-order valence-electron chi connectivity index (χ2n) is 8.54. The van der Waals surface area contributed by atoms with Gasteiger partial charge in [-0.2, -0.15) is 0 Å². The molecule has 1 aliphatic rings. The van der Waals surface area contributed by atoms with Crippen LogP contribution < -0.4 is 0 Å². The fraction of sp³-hybridized carbons (Fsp3) is 0.875. The van der Waals surface area contributed by atoms with Crippen LogP contribution in [0.4, 0.5) is 0 Å². The Balaban J connectivity index is 1.98. The molecule has 1 rings (SSSR count). The van der Waals surface area contributed by atoms with Gasteiger partial charge >= 0.3 is 0 Å². The third-order valence-electron chi connectivity index (χ3n) is 5.86. The smallest absolute Gasteiger partial charge is 0.219 e. The zero-order chi connectivity index (χ0) is 20.0. The van der Waals surface area contributed by atoms with E-state index in [1.165, 1.54) is 95.2 Å². The Morgan fingerprint density at radius 3 is 1.63 bits per heavy atom. The summed E-state index contributed by atoms with van der Waals surface area (Å²) in [6, 6.07) is 0. The van der Waals surface area contributed by atoms with Crippen molar-refractivity contribution in [2.24, 2.45) is 0 Å². The van der Waals surface area contributed by atoms with Crippen molar-refractivity contribution in [2.45, 2.75) is 135 Å². The molecule has 2 nitrogen and oxygen atoms in total. The van der Waals surface area contributed by atoms with E-state index in [0.29, 0.717) is 17.8 Å². The third kappa shape index (κ3) is 9.54. The second kappa shape index (κ2) is 14.5. The molecule has 1 atom stereocenters. The van der Waals surface area contributed by atoms with Crippen molar-refractivity contribution in [3.63, 3.8) is 0 Å². The molecule has 1 aliphatic heterocycles. The average molecular weight is 397 g/mol. The monoisotopic (exact) mass is 396 g/mol. The van der Waals surface area contributed by atoms with Gasteiger partial charge in [-0.15, -0.1) is 0 Å². The fourth-order valence-electron chi connectivity index (χ4n) is 4.03. The lowest BCUT2D eigenvalue weighted by molar-refractivity contribution is -0.108. The van der Waals surface area contributed by atoms with E-state index < -0.39 is 0 Å². The van der Waals surface area contributed by atoms with Crippen LogP contribution in [-0.2, 0) is 4.79 Å². The van der Waals surface area contributed by atoms with Crippen LogP contribution in [0, 0.1) is 0 Å². The molecule has 27 heavy (non-hydrogen) atoms. The van der Waals surface area contributed by atoms with Crippen LogP contribution in [0.1, 0.15) is 130 Å². The topological polar surface area (TPSA) is 37.3 Å². The molecular weight excluding hydrogens is 352 g/mol. The van der Waals surface area contributed by atoms with E-state index in [1.54, 1.807) is 0 Å². The number of unbranched alkanes of at least 4 members (excludes halogenated alkanes) is 13. The standard InChI is InChI=1S/C24H44O2S/c1-4-6-7-8-9-10-11-12-13-14-15-16-17-18-20-24(3)22(25)21(19-5-2)23(26)27-24/h25H,4-20H2,1-3H3. The fourth-order valence-corrected chi connectivity index (χ4v) is 5.22. The van der Waals surface area contributed by atoms with Crippen molar-refractivity contribution in [2.75, 3.05) is 0 Å². The summed E-state index contributed by atoms with van der Waals surface area (Å²) in [5, 5.41) is 10.6. The van der Waals surface area contributed by atoms with E-state index in [1.807, 2.05) is 6.92 Å². The molecule has 158 valence electrons. The van der Waals surface area contributed by atoms with Gasteiger partial charge in [0.25, 0.3) is 0 Å². The van der Waals surface area contributed by atoms with Gasteiger partial charge in [0.2, 0.25) is 5.12 Å². The first-order valence-corrected chi connectivity index (χ1v) is 12.5. The molecule has 0 bridgehead atoms. The quantitative estimate of drug-likeness (QED) is 0.250. The van der Waals surface area contributed by atoms with Gasteiger partial charge in [0.05, 0.1) is 4.75 Å². The van der Waals surface area contributed by atoms with Gasteiger partial charge in [-0.3, -0.25) is 4.79 Å². The minimum absolute atomic E-state index is 0.0993. The van der Waals surface area contributed by atoms with Crippen LogP contribution in [0.15, 0.2) is 11.3 Å². The van der Waals surface area contributed by atoms with Crippen molar-refractivity contribution in [3.05, 3.63) is 11.3 Å². The molecule has 0 saturated carbocycles. The molecule has 0 amide bonds. The van der Waals surface area contributed by atoms with E-state index in [-0.39, 0.29) is 9.86 Å². The van der Waals surface area contributed by atoms with Crippen LogP contribution in [0.3, 0.4) is 0 Å².